The zero-order chi connectivity index (χ0) is 26.2. The summed E-state index contributed by atoms with van der Waals surface area (Å²) in [5.41, 5.74) is 2.20. The highest BCUT2D eigenvalue weighted by atomic mass is 79.9. The summed E-state index contributed by atoms with van der Waals surface area (Å²) in [6, 6.07) is 17.2. The molecule has 3 rings (SSSR count). The predicted molar refractivity (Wildman–Crippen MR) is 147 cm³/mol. The van der Waals surface area contributed by atoms with Gasteiger partial charge in [0.2, 0.25) is 0 Å². The molecule has 0 aliphatic heterocycles. The van der Waals surface area contributed by atoms with Gasteiger partial charge >= 0.3 is 0 Å². The van der Waals surface area contributed by atoms with Crippen molar-refractivity contribution in [2.45, 2.75) is 6.92 Å². The molecule has 0 fully saturated rings. The molecule has 10 heteroatoms. The molecule has 0 aromatic heterocycles. The summed E-state index contributed by atoms with van der Waals surface area (Å²) in [5, 5.41) is 15.6. The molecule has 0 saturated carbocycles. The lowest BCUT2D eigenvalue weighted by Crippen LogP contribution is -2.20. The highest BCUT2D eigenvalue weighted by Crippen LogP contribution is 2.34. The number of nitrogens with zero attached hydrogens (tertiary/aromatic N) is 1. The van der Waals surface area contributed by atoms with Crippen LogP contribution in [0.4, 0.5) is 11.4 Å². The lowest BCUT2D eigenvalue weighted by atomic mass is 10.1. The molecule has 7 nitrogen and oxygen atoms in total. The second-order valence-corrected chi connectivity index (χ2v) is 9.64. The zero-order valence-electron chi connectivity index (χ0n) is 19.2. The summed E-state index contributed by atoms with van der Waals surface area (Å²) in [6.45, 7) is 1.55. The fourth-order valence-electron chi connectivity index (χ4n) is 3.02. The fourth-order valence-corrected chi connectivity index (χ4v) is 4.58. The Bertz CT molecular complexity index is 1370. The highest BCUT2D eigenvalue weighted by Gasteiger charge is 2.16. The molecular weight excluding hydrogens is 614 g/mol. The molecule has 0 bridgehead atoms. The number of hydrogen-bond donors (Lipinski definition) is 2. The number of nitriles is 1. The minimum Gasteiger partial charge on any atom is -0.497 e. The van der Waals surface area contributed by atoms with Crippen molar-refractivity contribution in [3.8, 4) is 17.6 Å². The summed E-state index contributed by atoms with van der Waals surface area (Å²) in [4.78, 5) is 25.2. The second-order valence-electron chi connectivity index (χ2n) is 7.46. The van der Waals surface area contributed by atoms with Gasteiger partial charge in [0.1, 0.15) is 23.1 Å². The number of carbonyl (C=O) groups is 2. The maximum Gasteiger partial charge on any atom is 0.266 e. The summed E-state index contributed by atoms with van der Waals surface area (Å²) in [7, 11) is 1.54. The summed E-state index contributed by atoms with van der Waals surface area (Å²) in [5.74, 6) is -0.0734. The number of nitrogens with one attached hydrogen (secondary N) is 2. The van der Waals surface area contributed by atoms with Crippen molar-refractivity contribution in [1.82, 2.24) is 0 Å². The molecule has 0 atom stereocenters. The number of amides is 2. The summed E-state index contributed by atoms with van der Waals surface area (Å²) in [6.07, 6.45) is 1.39. The Morgan fingerprint density at radius 3 is 2.39 bits per heavy atom. The lowest BCUT2D eigenvalue weighted by Gasteiger charge is -2.13. The van der Waals surface area contributed by atoms with E-state index in [0.717, 1.165) is 5.56 Å². The molecule has 2 N–H and O–H groups in total. The normalized spacial score (nSPS) is 10.8. The molecule has 0 heterocycles. The van der Waals surface area contributed by atoms with Crippen molar-refractivity contribution in [2.24, 2.45) is 0 Å². The van der Waals surface area contributed by atoms with Gasteiger partial charge in [0.15, 0.2) is 6.61 Å². The molecule has 0 spiro atoms. The van der Waals surface area contributed by atoms with Crippen LogP contribution in [0.25, 0.3) is 6.08 Å². The minimum absolute atomic E-state index is 0.153. The molecule has 2 amide bonds. The quantitative estimate of drug-likeness (QED) is 0.211. The first-order chi connectivity index (χ1) is 17.2. The van der Waals surface area contributed by atoms with Gasteiger partial charge in [-0.2, -0.15) is 5.26 Å². The third-order valence-corrected chi connectivity index (χ3v) is 6.31. The number of anilines is 2. The molecule has 0 unspecified atom stereocenters. The Morgan fingerprint density at radius 1 is 1.06 bits per heavy atom. The smallest absolute Gasteiger partial charge is 0.266 e. The minimum atomic E-state index is -0.598. The van der Waals surface area contributed by atoms with E-state index < -0.39 is 11.8 Å². The average molecular weight is 634 g/mol. The van der Waals surface area contributed by atoms with E-state index in [1.54, 1.807) is 61.7 Å². The number of halogens is 3. The van der Waals surface area contributed by atoms with Crippen molar-refractivity contribution < 1.29 is 19.1 Å². The Labute approximate surface area is 230 Å². The van der Waals surface area contributed by atoms with E-state index in [1.807, 2.05) is 13.0 Å². The maximum absolute atomic E-state index is 12.7. The number of ether oxygens (including phenoxy) is 2. The molecule has 0 saturated heterocycles. The molecule has 0 aliphatic rings. The van der Waals surface area contributed by atoms with Crippen molar-refractivity contribution >= 4 is 72.7 Å². The maximum atomic E-state index is 12.7. The van der Waals surface area contributed by atoms with E-state index in [4.69, 9.17) is 21.1 Å². The Morgan fingerprint density at radius 2 is 1.75 bits per heavy atom. The average Bonchev–Trinajstić information content (AvgIpc) is 2.84. The third kappa shape index (κ3) is 7.34. The Kier molecular flexibility index (Phi) is 9.53. The van der Waals surface area contributed by atoms with Gasteiger partial charge < -0.3 is 20.1 Å². The second kappa shape index (κ2) is 12.6. The number of methoxy groups -OCH3 is 1. The van der Waals surface area contributed by atoms with Gasteiger partial charge in [-0.3, -0.25) is 9.59 Å². The lowest BCUT2D eigenvalue weighted by molar-refractivity contribution is -0.118. The van der Waals surface area contributed by atoms with E-state index in [1.165, 1.54) is 6.08 Å². The van der Waals surface area contributed by atoms with E-state index in [0.29, 0.717) is 42.4 Å². The first kappa shape index (κ1) is 27.3. The molecule has 0 aliphatic carbocycles. The number of carbonyl (C=O) groups excluding carboxylic acids is 2. The fraction of sp³-hybridized carbons (Fsp3) is 0.115. The standard InChI is InChI=1S/C26H20Br2ClN3O4/c1-15-3-4-20(12-23(15)29)31-24(33)14-36-25-16(10-18(27)11-22(25)28)9-17(13-30)26(34)32-19-5-7-21(35-2)8-6-19/h3-12H,14H2,1-2H3,(H,31,33)(H,32,34)/b17-9-. The monoisotopic (exact) mass is 631 g/mol. The highest BCUT2D eigenvalue weighted by molar-refractivity contribution is 9.11. The predicted octanol–water partition coefficient (Wildman–Crippen LogP) is 6.75. The number of benzene rings is 3. The van der Waals surface area contributed by atoms with Gasteiger partial charge in [0.25, 0.3) is 11.8 Å². The molecule has 184 valence electrons. The van der Waals surface area contributed by atoms with E-state index in [-0.39, 0.29) is 12.2 Å². The van der Waals surface area contributed by atoms with Gasteiger partial charge in [-0.25, -0.2) is 0 Å². The van der Waals surface area contributed by atoms with Crippen LogP contribution < -0.4 is 20.1 Å². The third-order valence-electron chi connectivity index (χ3n) is 4.85. The van der Waals surface area contributed by atoms with E-state index >= 15 is 0 Å². The van der Waals surface area contributed by atoms with Crippen LogP contribution in [-0.2, 0) is 9.59 Å². The molecule has 3 aromatic carbocycles. The zero-order valence-corrected chi connectivity index (χ0v) is 23.1. The van der Waals surface area contributed by atoms with Crippen LogP contribution in [0.15, 0.2) is 69.1 Å². The van der Waals surface area contributed by atoms with Crippen LogP contribution in [-0.4, -0.2) is 25.5 Å². The summed E-state index contributed by atoms with van der Waals surface area (Å²) < 4.78 is 12.1. The van der Waals surface area contributed by atoms with Crippen LogP contribution in [0.3, 0.4) is 0 Å². The Balaban J connectivity index is 1.78. The largest absolute Gasteiger partial charge is 0.497 e. The Hall–Kier alpha value is -3.32. The van der Waals surface area contributed by atoms with Crippen LogP contribution in [0.1, 0.15) is 11.1 Å². The van der Waals surface area contributed by atoms with Crippen LogP contribution in [0.5, 0.6) is 11.5 Å². The van der Waals surface area contributed by atoms with Crippen molar-refractivity contribution in [3.63, 3.8) is 0 Å². The number of rotatable bonds is 8. The van der Waals surface area contributed by atoms with Crippen molar-refractivity contribution in [2.75, 3.05) is 24.4 Å². The van der Waals surface area contributed by atoms with Crippen LogP contribution >= 0.6 is 43.5 Å². The van der Waals surface area contributed by atoms with Gasteiger partial charge in [0, 0.05) is 26.4 Å². The molecule has 3 aromatic rings. The topological polar surface area (TPSA) is 100 Å². The van der Waals surface area contributed by atoms with Crippen molar-refractivity contribution in [1.29, 1.82) is 5.26 Å². The SMILES string of the molecule is COc1ccc(NC(=O)/C(C#N)=C\c2cc(Br)cc(Br)c2OCC(=O)Nc2ccc(C)c(Cl)c2)cc1. The van der Waals surface area contributed by atoms with E-state index in [9.17, 15) is 14.9 Å². The number of aryl methyl sites for hydroxylation is 1. The number of hydrogen-bond acceptors (Lipinski definition) is 5. The summed E-state index contributed by atoms with van der Waals surface area (Å²) >= 11 is 12.9. The van der Waals surface area contributed by atoms with Crippen LogP contribution in [0.2, 0.25) is 5.02 Å². The molecule has 36 heavy (non-hydrogen) atoms. The van der Waals surface area contributed by atoms with Gasteiger partial charge in [-0.05, 0) is 83.0 Å². The molecular formula is C26H20Br2ClN3O4. The van der Waals surface area contributed by atoms with Crippen molar-refractivity contribution in [3.05, 3.63) is 85.3 Å². The van der Waals surface area contributed by atoms with Gasteiger partial charge in [-0.15, -0.1) is 0 Å². The van der Waals surface area contributed by atoms with Crippen LogP contribution in [0, 0.1) is 18.3 Å². The first-order valence-electron chi connectivity index (χ1n) is 10.4. The van der Waals surface area contributed by atoms with Gasteiger partial charge in [0.05, 0.1) is 11.6 Å². The van der Waals surface area contributed by atoms with E-state index in [2.05, 4.69) is 42.5 Å². The first-order valence-corrected chi connectivity index (χ1v) is 12.4. The molecule has 0 radical (unpaired) electrons. The van der Waals surface area contributed by atoms with Gasteiger partial charge in [-0.1, -0.05) is 33.6 Å².